The molecule has 0 aromatic heterocycles. The number of carbonyl (C=O) groups excluding carboxylic acids is 2. The molecule has 1 rings (SSSR count). The molecule has 0 saturated carbocycles. The summed E-state index contributed by atoms with van der Waals surface area (Å²) in [5.74, 6) is -0.295. The van der Waals surface area contributed by atoms with Crippen LogP contribution in [0.5, 0.6) is 5.75 Å². The quantitative estimate of drug-likeness (QED) is 0.367. The molecule has 5 heteroatoms. The van der Waals surface area contributed by atoms with Gasteiger partial charge in [0.2, 0.25) is 0 Å². The Hall–Kier alpha value is -1.36. The van der Waals surface area contributed by atoms with Crippen LogP contribution in [0.15, 0.2) is 24.3 Å². The highest BCUT2D eigenvalue weighted by atomic mass is 79.9. The highest BCUT2D eigenvalue weighted by Gasteiger charge is 2.25. The third-order valence-corrected chi connectivity index (χ3v) is 2.80. The number of hydrogen-bond acceptors (Lipinski definition) is 4. The monoisotopic (exact) mass is 286 g/mol. The number of halogens is 1. The van der Waals surface area contributed by atoms with Gasteiger partial charge in [0.05, 0.1) is 14.2 Å². The van der Waals surface area contributed by atoms with Gasteiger partial charge in [0.1, 0.15) is 5.75 Å². The van der Waals surface area contributed by atoms with E-state index in [1.54, 1.807) is 31.4 Å². The number of hydrogen-bond donors (Lipinski definition) is 0. The van der Waals surface area contributed by atoms with Crippen LogP contribution in [0.25, 0.3) is 0 Å². The zero-order valence-electron chi connectivity index (χ0n) is 8.90. The lowest BCUT2D eigenvalue weighted by Gasteiger charge is -2.07. The summed E-state index contributed by atoms with van der Waals surface area (Å²) in [6.45, 7) is 0. The number of carbonyl (C=O) groups is 2. The van der Waals surface area contributed by atoms with Crippen molar-refractivity contribution in [1.82, 2.24) is 0 Å². The van der Waals surface area contributed by atoms with Crippen LogP contribution in [0.2, 0.25) is 0 Å². The average molecular weight is 287 g/mol. The number of alkyl halides is 1. The van der Waals surface area contributed by atoms with Crippen molar-refractivity contribution in [1.29, 1.82) is 0 Å². The minimum absolute atomic E-state index is 0.338. The van der Waals surface area contributed by atoms with Crippen LogP contribution < -0.4 is 4.74 Å². The van der Waals surface area contributed by atoms with Gasteiger partial charge in [0.15, 0.2) is 10.6 Å². The van der Waals surface area contributed by atoms with Crippen molar-refractivity contribution in [3.63, 3.8) is 0 Å². The SMILES string of the molecule is COC(=O)C(Br)C(=O)c1ccc(OC)cc1. The molecule has 0 fully saturated rings. The van der Waals surface area contributed by atoms with Crippen molar-refractivity contribution in [3.8, 4) is 5.75 Å². The first-order chi connectivity index (χ1) is 7.60. The minimum Gasteiger partial charge on any atom is -0.497 e. The number of esters is 1. The molecule has 86 valence electrons. The van der Waals surface area contributed by atoms with Gasteiger partial charge in [-0.25, -0.2) is 0 Å². The van der Waals surface area contributed by atoms with Crippen LogP contribution in [0.3, 0.4) is 0 Å². The third-order valence-electron chi connectivity index (χ3n) is 2.01. The van der Waals surface area contributed by atoms with Crippen LogP contribution in [0.1, 0.15) is 10.4 Å². The lowest BCUT2D eigenvalue weighted by atomic mass is 10.1. The van der Waals surface area contributed by atoms with E-state index in [1.165, 1.54) is 7.11 Å². The normalized spacial score (nSPS) is 11.7. The van der Waals surface area contributed by atoms with Crippen LogP contribution >= 0.6 is 15.9 Å². The number of ether oxygens (including phenoxy) is 2. The molecule has 0 amide bonds. The first-order valence-electron chi connectivity index (χ1n) is 4.50. The van der Waals surface area contributed by atoms with E-state index in [1.807, 2.05) is 0 Å². The van der Waals surface area contributed by atoms with Crippen molar-refractivity contribution in [2.45, 2.75) is 4.83 Å². The Morgan fingerprint density at radius 3 is 2.19 bits per heavy atom. The largest absolute Gasteiger partial charge is 0.497 e. The molecule has 0 aliphatic heterocycles. The smallest absolute Gasteiger partial charge is 0.327 e. The number of benzene rings is 1. The number of methoxy groups -OCH3 is 2. The summed E-state index contributed by atoms with van der Waals surface area (Å²) in [4.78, 5) is 21.9. The first-order valence-corrected chi connectivity index (χ1v) is 5.42. The van der Waals surface area contributed by atoms with E-state index in [0.29, 0.717) is 11.3 Å². The van der Waals surface area contributed by atoms with Gasteiger partial charge in [-0.2, -0.15) is 0 Å². The molecule has 0 radical (unpaired) electrons. The van der Waals surface area contributed by atoms with E-state index in [9.17, 15) is 9.59 Å². The van der Waals surface area contributed by atoms with Gasteiger partial charge in [0, 0.05) is 5.56 Å². The predicted octanol–water partition coefficient (Wildman–Crippen LogP) is 1.81. The molecule has 1 aromatic carbocycles. The highest BCUT2D eigenvalue weighted by Crippen LogP contribution is 2.16. The Bertz CT molecular complexity index is 385. The molecule has 0 heterocycles. The Kier molecular flexibility index (Phi) is 4.49. The molecule has 0 aliphatic rings. The summed E-state index contributed by atoms with van der Waals surface area (Å²) in [7, 11) is 2.77. The number of rotatable bonds is 4. The minimum atomic E-state index is -0.967. The van der Waals surface area contributed by atoms with Crippen LogP contribution in [-0.4, -0.2) is 30.8 Å². The molecule has 16 heavy (non-hydrogen) atoms. The third kappa shape index (κ3) is 2.82. The Balaban J connectivity index is 2.84. The van der Waals surface area contributed by atoms with Crippen molar-refractivity contribution in [2.75, 3.05) is 14.2 Å². The van der Waals surface area contributed by atoms with Gasteiger partial charge in [-0.1, -0.05) is 15.9 Å². The molecular weight excluding hydrogens is 276 g/mol. The highest BCUT2D eigenvalue weighted by molar-refractivity contribution is 9.10. The predicted molar refractivity (Wildman–Crippen MR) is 62.1 cm³/mol. The van der Waals surface area contributed by atoms with E-state index in [-0.39, 0.29) is 5.78 Å². The summed E-state index contributed by atoms with van der Waals surface area (Å²) in [6.07, 6.45) is 0. The van der Waals surface area contributed by atoms with E-state index in [2.05, 4.69) is 20.7 Å². The van der Waals surface area contributed by atoms with Gasteiger partial charge in [-0.05, 0) is 24.3 Å². The summed E-state index contributed by atoms with van der Waals surface area (Å²) >= 11 is 2.99. The standard InChI is InChI=1S/C11H11BrO4/c1-15-8-5-3-7(4-6-8)10(13)9(12)11(14)16-2/h3-6,9H,1-2H3. The van der Waals surface area contributed by atoms with E-state index < -0.39 is 10.8 Å². The average Bonchev–Trinajstić information content (AvgIpc) is 2.36. The molecule has 0 aliphatic carbocycles. The Morgan fingerprint density at radius 2 is 1.75 bits per heavy atom. The number of ketones is 1. The summed E-state index contributed by atoms with van der Waals surface area (Å²) < 4.78 is 9.43. The molecule has 0 spiro atoms. The van der Waals surface area contributed by atoms with Crippen molar-refractivity contribution < 1.29 is 19.1 Å². The van der Waals surface area contributed by atoms with Crippen molar-refractivity contribution in [3.05, 3.63) is 29.8 Å². The molecule has 1 aromatic rings. The lowest BCUT2D eigenvalue weighted by Crippen LogP contribution is -2.25. The molecule has 4 nitrogen and oxygen atoms in total. The molecule has 1 unspecified atom stereocenters. The van der Waals surface area contributed by atoms with Gasteiger partial charge in [0.25, 0.3) is 0 Å². The van der Waals surface area contributed by atoms with E-state index in [4.69, 9.17) is 4.74 Å². The molecule has 0 saturated heterocycles. The van der Waals surface area contributed by atoms with E-state index in [0.717, 1.165) is 0 Å². The maximum atomic E-state index is 11.8. The summed E-state index contributed by atoms with van der Waals surface area (Å²) in [6, 6.07) is 6.51. The van der Waals surface area contributed by atoms with Crippen molar-refractivity contribution >= 4 is 27.7 Å². The second kappa shape index (κ2) is 5.65. The van der Waals surface area contributed by atoms with Crippen LogP contribution in [0.4, 0.5) is 0 Å². The zero-order valence-corrected chi connectivity index (χ0v) is 10.5. The molecule has 1 atom stereocenters. The topological polar surface area (TPSA) is 52.6 Å². The molecular formula is C11H11BrO4. The maximum absolute atomic E-state index is 11.8. The lowest BCUT2D eigenvalue weighted by molar-refractivity contribution is -0.138. The fourth-order valence-corrected chi connectivity index (χ4v) is 1.56. The van der Waals surface area contributed by atoms with Gasteiger partial charge in [-0.3, -0.25) is 9.59 Å². The Labute approximate surface area is 102 Å². The summed E-state index contributed by atoms with van der Waals surface area (Å²) in [5.41, 5.74) is 0.424. The summed E-state index contributed by atoms with van der Waals surface area (Å²) in [5, 5.41) is 0. The zero-order chi connectivity index (χ0) is 12.1. The van der Waals surface area contributed by atoms with Crippen LogP contribution in [0, 0.1) is 0 Å². The van der Waals surface area contributed by atoms with Crippen molar-refractivity contribution in [2.24, 2.45) is 0 Å². The molecule has 0 bridgehead atoms. The maximum Gasteiger partial charge on any atom is 0.327 e. The van der Waals surface area contributed by atoms with Gasteiger partial charge in [-0.15, -0.1) is 0 Å². The second-order valence-corrected chi connectivity index (χ2v) is 3.89. The fourth-order valence-electron chi connectivity index (χ4n) is 1.11. The Morgan fingerprint density at radius 1 is 1.19 bits per heavy atom. The molecule has 0 N–H and O–H groups in total. The van der Waals surface area contributed by atoms with E-state index >= 15 is 0 Å². The second-order valence-electron chi connectivity index (χ2n) is 2.98. The number of Topliss-reactive ketones (excluding diaryl/α,β-unsaturated/α-hetero) is 1. The first kappa shape index (κ1) is 12.7. The van der Waals surface area contributed by atoms with Crippen LogP contribution in [-0.2, 0) is 9.53 Å². The fraction of sp³-hybridized carbons (Fsp3) is 0.273. The van der Waals surface area contributed by atoms with Gasteiger partial charge >= 0.3 is 5.97 Å². The van der Waals surface area contributed by atoms with Gasteiger partial charge < -0.3 is 9.47 Å².